The lowest BCUT2D eigenvalue weighted by atomic mass is 9.81. The third-order valence-corrected chi connectivity index (χ3v) is 5.55. The molecule has 2 N–H and O–H groups in total. The molecule has 29 heavy (non-hydrogen) atoms. The van der Waals surface area contributed by atoms with Crippen molar-refractivity contribution in [2.24, 2.45) is 11.8 Å². The van der Waals surface area contributed by atoms with Crippen LogP contribution in [0.25, 0.3) is 10.8 Å². The van der Waals surface area contributed by atoms with E-state index in [4.69, 9.17) is 0 Å². The summed E-state index contributed by atoms with van der Waals surface area (Å²) in [5, 5.41) is 32.5. The van der Waals surface area contributed by atoms with E-state index >= 15 is 0 Å². The van der Waals surface area contributed by atoms with E-state index in [-0.39, 0.29) is 17.8 Å². The van der Waals surface area contributed by atoms with Crippen LogP contribution in [0.1, 0.15) is 39.5 Å². The molecule has 3 rings (SSSR count). The summed E-state index contributed by atoms with van der Waals surface area (Å²) in [7, 11) is 0. The van der Waals surface area contributed by atoms with Gasteiger partial charge in [0, 0.05) is 23.8 Å². The van der Waals surface area contributed by atoms with E-state index in [0.717, 1.165) is 11.3 Å². The van der Waals surface area contributed by atoms with E-state index in [1.807, 2.05) is 6.92 Å². The summed E-state index contributed by atoms with van der Waals surface area (Å²) in [5.41, 5.74) is 0.162. The highest BCUT2D eigenvalue weighted by molar-refractivity contribution is 6.24. The Kier molecular flexibility index (Phi) is 5.68. The fraction of sp³-hybridized carbons (Fsp3) is 0.429. The Morgan fingerprint density at radius 1 is 1.21 bits per heavy atom. The molecule has 1 fully saturated rings. The SMILES string of the molecule is CCCCC([C@H]1CC(=O)N(c2ccc([N+](=O)[O-])c3ccccc23)C1=O)C(C)(O)O. The van der Waals surface area contributed by atoms with Crippen LogP contribution in [0.2, 0.25) is 0 Å². The molecule has 0 bridgehead atoms. The number of aliphatic hydroxyl groups is 2. The first-order valence-electron chi connectivity index (χ1n) is 9.64. The van der Waals surface area contributed by atoms with Crippen LogP contribution in [0.5, 0.6) is 0 Å². The van der Waals surface area contributed by atoms with E-state index in [1.165, 1.54) is 19.1 Å². The molecule has 2 aromatic carbocycles. The summed E-state index contributed by atoms with van der Waals surface area (Å²) >= 11 is 0. The summed E-state index contributed by atoms with van der Waals surface area (Å²) in [5.74, 6) is -4.70. The fourth-order valence-electron chi connectivity index (χ4n) is 4.12. The molecule has 154 valence electrons. The molecule has 0 aromatic heterocycles. The smallest absolute Gasteiger partial charge is 0.277 e. The average molecular weight is 400 g/mol. The zero-order chi connectivity index (χ0) is 21.3. The number of fused-ring (bicyclic) bond motifs is 1. The number of anilines is 1. The Bertz CT molecular complexity index is 965. The largest absolute Gasteiger partial charge is 0.366 e. The number of nitro groups is 1. The maximum Gasteiger partial charge on any atom is 0.277 e. The van der Waals surface area contributed by atoms with Crippen LogP contribution in [0.3, 0.4) is 0 Å². The van der Waals surface area contributed by atoms with Crippen molar-refractivity contribution in [2.45, 2.75) is 45.3 Å². The van der Waals surface area contributed by atoms with Gasteiger partial charge in [0.2, 0.25) is 11.8 Å². The summed E-state index contributed by atoms with van der Waals surface area (Å²) in [6, 6.07) is 9.21. The van der Waals surface area contributed by atoms with Crippen LogP contribution in [-0.2, 0) is 9.59 Å². The van der Waals surface area contributed by atoms with Crippen molar-refractivity contribution in [2.75, 3.05) is 4.90 Å². The molecule has 2 atom stereocenters. The van der Waals surface area contributed by atoms with Crippen LogP contribution in [0.15, 0.2) is 36.4 Å². The standard InChI is InChI=1S/C21H24N2O6/c1-3-4-9-16(21(2,26)27)15-12-19(24)22(20(15)25)17-10-11-18(23(28)29)14-8-6-5-7-13(14)17/h5-8,10-11,15-16,26-27H,3-4,9,12H2,1-2H3/t15-,16?/m1/s1. The van der Waals surface area contributed by atoms with Crippen molar-refractivity contribution >= 4 is 34.0 Å². The zero-order valence-electron chi connectivity index (χ0n) is 16.4. The quantitative estimate of drug-likeness (QED) is 0.319. The van der Waals surface area contributed by atoms with Crippen molar-refractivity contribution in [1.82, 2.24) is 0 Å². The van der Waals surface area contributed by atoms with Gasteiger partial charge in [-0.2, -0.15) is 0 Å². The van der Waals surface area contributed by atoms with E-state index in [2.05, 4.69) is 0 Å². The molecule has 1 unspecified atom stereocenters. The molecule has 2 aromatic rings. The number of unbranched alkanes of at least 4 members (excludes halogenated alkanes) is 1. The first-order chi connectivity index (χ1) is 13.7. The molecule has 0 spiro atoms. The molecule has 0 aliphatic carbocycles. The van der Waals surface area contributed by atoms with Crippen molar-refractivity contribution in [3.63, 3.8) is 0 Å². The molecule has 0 saturated carbocycles. The number of carbonyl (C=O) groups is 2. The summed E-state index contributed by atoms with van der Waals surface area (Å²) in [6.07, 6.45) is 1.78. The maximum absolute atomic E-state index is 13.2. The minimum absolute atomic E-state index is 0.112. The van der Waals surface area contributed by atoms with Gasteiger partial charge < -0.3 is 10.2 Å². The number of amides is 2. The number of rotatable bonds is 7. The molecule has 1 saturated heterocycles. The zero-order valence-corrected chi connectivity index (χ0v) is 16.4. The number of benzene rings is 2. The summed E-state index contributed by atoms with van der Waals surface area (Å²) in [6.45, 7) is 3.19. The molecule has 1 aliphatic rings. The van der Waals surface area contributed by atoms with E-state index < -0.39 is 34.4 Å². The molecular weight excluding hydrogens is 376 g/mol. The molecule has 1 heterocycles. The van der Waals surface area contributed by atoms with Gasteiger partial charge >= 0.3 is 0 Å². The van der Waals surface area contributed by atoms with E-state index in [0.29, 0.717) is 23.6 Å². The Labute approximate surface area is 167 Å². The highest BCUT2D eigenvalue weighted by atomic mass is 16.6. The Morgan fingerprint density at radius 3 is 2.45 bits per heavy atom. The second kappa shape index (κ2) is 7.88. The number of imide groups is 1. The number of nitro benzene ring substituents is 1. The first kappa shape index (κ1) is 20.9. The number of hydrogen-bond donors (Lipinski definition) is 2. The topological polar surface area (TPSA) is 121 Å². The number of non-ortho nitro benzene ring substituents is 1. The number of hydrogen-bond acceptors (Lipinski definition) is 6. The van der Waals surface area contributed by atoms with Gasteiger partial charge in [-0.05, 0) is 25.5 Å². The first-order valence-corrected chi connectivity index (χ1v) is 9.64. The lowest BCUT2D eigenvalue weighted by Crippen LogP contribution is -2.42. The van der Waals surface area contributed by atoms with Crippen molar-refractivity contribution in [3.8, 4) is 0 Å². The predicted molar refractivity (Wildman–Crippen MR) is 107 cm³/mol. The minimum Gasteiger partial charge on any atom is -0.366 e. The molecule has 0 radical (unpaired) electrons. The van der Waals surface area contributed by atoms with Crippen molar-refractivity contribution in [1.29, 1.82) is 0 Å². The van der Waals surface area contributed by atoms with Gasteiger partial charge in [0.1, 0.15) is 0 Å². The second-order valence-corrected chi connectivity index (χ2v) is 7.63. The molecule has 2 amide bonds. The fourth-order valence-corrected chi connectivity index (χ4v) is 4.12. The third-order valence-electron chi connectivity index (χ3n) is 5.55. The van der Waals surface area contributed by atoms with Crippen LogP contribution in [0, 0.1) is 22.0 Å². The Balaban J connectivity index is 2.05. The Hall–Kier alpha value is -2.84. The minimum atomic E-state index is -2.09. The monoisotopic (exact) mass is 400 g/mol. The molecule has 8 nitrogen and oxygen atoms in total. The average Bonchev–Trinajstić information content (AvgIpc) is 2.94. The van der Waals surface area contributed by atoms with Gasteiger partial charge in [-0.25, -0.2) is 4.90 Å². The van der Waals surface area contributed by atoms with Crippen LogP contribution < -0.4 is 4.90 Å². The van der Waals surface area contributed by atoms with Gasteiger partial charge in [-0.15, -0.1) is 0 Å². The Morgan fingerprint density at radius 2 is 1.86 bits per heavy atom. The lowest BCUT2D eigenvalue weighted by molar-refractivity contribution is -0.383. The predicted octanol–water partition coefficient (Wildman–Crippen LogP) is 3.13. The van der Waals surface area contributed by atoms with Gasteiger partial charge in [0.15, 0.2) is 5.79 Å². The van der Waals surface area contributed by atoms with Gasteiger partial charge in [0.25, 0.3) is 5.69 Å². The van der Waals surface area contributed by atoms with Crippen LogP contribution >= 0.6 is 0 Å². The van der Waals surface area contributed by atoms with Crippen molar-refractivity contribution < 1.29 is 24.7 Å². The highest BCUT2D eigenvalue weighted by Crippen LogP contribution is 2.41. The van der Waals surface area contributed by atoms with Gasteiger partial charge in [0.05, 0.1) is 21.9 Å². The maximum atomic E-state index is 13.2. The normalized spacial score (nSPS) is 18.5. The molecule has 8 heteroatoms. The molecule has 1 aliphatic heterocycles. The highest BCUT2D eigenvalue weighted by Gasteiger charge is 2.48. The molecular formula is C21H24N2O6. The van der Waals surface area contributed by atoms with E-state index in [1.54, 1.807) is 24.3 Å². The lowest BCUT2D eigenvalue weighted by Gasteiger charge is -2.31. The van der Waals surface area contributed by atoms with Gasteiger partial charge in [-0.3, -0.25) is 19.7 Å². The van der Waals surface area contributed by atoms with E-state index in [9.17, 15) is 29.9 Å². The number of nitrogens with zero attached hydrogens (tertiary/aromatic N) is 2. The van der Waals surface area contributed by atoms with Gasteiger partial charge in [-0.1, -0.05) is 38.0 Å². The van der Waals surface area contributed by atoms with Crippen LogP contribution in [-0.4, -0.2) is 32.7 Å². The summed E-state index contributed by atoms with van der Waals surface area (Å²) in [4.78, 5) is 37.8. The third kappa shape index (κ3) is 3.86. The summed E-state index contributed by atoms with van der Waals surface area (Å²) < 4.78 is 0. The van der Waals surface area contributed by atoms with Crippen molar-refractivity contribution in [3.05, 3.63) is 46.5 Å². The second-order valence-electron chi connectivity index (χ2n) is 7.63. The number of carbonyl (C=O) groups excluding carboxylic acids is 2. The van der Waals surface area contributed by atoms with Crippen LogP contribution in [0.4, 0.5) is 11.4 Å².